The fourth-order valence-electron chi connectivity index (χ4n) is 5.23. The third-order valence-corrected chi connectivity index (χ3v) is 6.80. The smallest absolute Gasteiger partial charge is 0.252 e. The second kappa shape index (κ2) is 7.71. The molecule has 2 bridgehead atoms. The molecule has 0 radical (unpaired) electrons. The summed E-state index contributed by atoms with van der Waals surface area (Å²) in [6.07, 6.45) is 4.79. The van der Waals surface area contributed by atoms with Gasteiger partial charge in [-0.2, -0.15) is 0 Å². The zero-order chi connectivity index (χ0) is 19.8. The van der Waals surface area contributed by atoms with Crippen LogP contribution in [0.5, 0.6) is 11.5 Å². The van der Waals surface area contributed by atoms with Crippen LogP contribution in [0.3, 0.4) is 0 Å². The van der Waals surface area contributed by atoms with Crippen LogP contribution in [0.2, 0.25) is 0 Å². The molecule has 1 amide bonds. The van der Waals surface area contributed by atoms with E-state index in [0.29, 0.717) is 37.1 Å². The predicted octanol–water partition coefficient (Wildman–Crippen LogP) is 3.63. The lowest BCUT2D eigenvalue weighted by Gasteiger charge is -2.29. The quantitative estimate of drug-likeness (QED) is 0.816. The van der Waals surface area contributed by atoms with Crippen molar-refractivity contribution in [3.05, 3.63) is 59.2 Å². The van der Waals surface area contributed by atoms with E-state index in [-0.39, 0.29) is 5.91 Å². The molecule has 0 saturated carbocycles. The van der Waals surface area contributed by atoms with Gasteiger partial charge in [0, 0.05) is 30.1 Å². The Morgan fingerprint density at radius 1 is 1.00 bits per heavy atom. The topological polar surface area (TPSA) is 59.6 Å². The first kappa shape index (κ1) is 18.5. The van der Waals surface area contributed by atoms with Gasteiger partial charge in [-0.15, -0.1) is 0 Å². The molecule has 3 heterocycles. The van der Waals surface area contributed by atoms with Crippen LogP contribution in [-0.2, 0) is 6.54 Å². The summed E-state index contributed by atoms with van der Waals surface area (Å²) in [5, 5.41) is 6.68. The number of carbonyl (C=O) groups excluding carboxylic acids is 1. The molecular formula is C24H28N2O3. The van der Waals surface area contributed by atoms with E-state index >= 15 is 0 Å². The summed E-state index contributed by atoms with van der Waals surface area (Å²) in [5.74, 6) is 2.58. The minimum absolute atomic E-state index is 0.00228. The first-order chi connectivity index (χ1) is 14.2. The molecule has 4 unspecified atom stereocenters. The van der Waals surface area contributed by atoms with Gasteiger partial charge < -0.3 is 20.1 Å². The first-order valence-corrected chi connectivity index (χ1v) is 10.6. The molecule has 0 aliphatic carbocycles. The SMILES string of the molecule is COc1ccc(C2CC3CCC(CC2COc2ccc4c(c2)C(=O)NC4)N3)cc1. The fourth-order valence-corrected chi connectivity index (χ4v) is 5.23. The normalized spacial score (nSPS) is 27.8. The molecule has 5 nitrogen and oxygen atoms in total. The summed E-state index contributed by atoms with van der Waals surface area (Å²) in [6, 6.07) is 15.6. The van der Waals surface area contributed by atoms with E-state index in [1.807, 2.05) is 18.2 Å². The average molecular weight is 392 g/mol. The van der Waals surface area contributed by atoms with Crippen molar-refractivity contribution in [2.75, 3.05) is 13.7 Å². The molecule has 2 aromatic carbocycles. The van der Waals surface area contributed by atoms with Gasteiger partial charge in [0.2, 0.25) is 0 Å². The molecule has 152 valence electrons. The van der Waals surface area contributed by atoms with E-state index < -0.39 is 0 Å². The molecule has 2 aromatic rings. The number of fused-ring (bicyclic) bond motifs is 3. The van der Waals surface area contributed by atoms with Gasteiger partial charge >= 0.3 is 0 Å². The molecular weight excluding hydrogens is 364 g/mol. The van der Waals surface area contributed by atoms with Gasteiger partial charge in [-0.3, -0.25) is 4.79 Å². The molecule has 3 aliphatic rings. The number of hydrogen-bond acceptors (Lipinski definition) is 4. The Morgan fingerprint density at radius 2 is 1.76 bits per heavy atom. The summed E-state index contributed by atoms with van der Waals surface area (Å²) in [6.45, 7) is 1.29. The first-order valence-electron chi connectivity index (χ1n) is 10.6. The summed E-state index contributed by atoms with van der Waals surface area (Å²) in [7, 11) is 1.71. The molecule has 2 saturated heterocycles. The highest BCUT2D eigenvalue weighted by Crippen LogP contribution is 2.40. The molecule has 2 N–H and O–H groups in total. The maximum absolute atomic E-state index is 12.0. The Labute approximate surface area is 171 Å². The van der Waals surface area contributed by atoms with Gasteiger partial charge in [-0.1, -0.05) is 18.2 Å². The van der Waals surface area contributed by atoms with E-state index in [1.165, 1.54) is 18.4 Å². The second-order valence-electron chi connectivity index (χ2n) is 8.56. The second-order valence-corrected chi connectivity index (χ2v) is 8.56. The molecule has 29 heavy (non-hydrogen) atoms. The predicted molar refractivity (Wildman–Crippen MR) is 112 cm³/mol. The van der Waals surface area contributed by atoms with Crippen LogP contribution >= 0.6 is 0 Å². The summed E-state index contributed by atoms with van der Waals surface area (Å²) < 4.78 is 11.6. The summed E-state index contributed by atoms with van der Waals surface area (Å²) >= 11 is 0. The van der Waals surface area contributed by atoms with E-state index in [2.05, 4.69) is 34.9 Å². The average Bonchev–Trinajstić information content (AvgIpc) is 3.29. The number of carbonyl (C=O) groups is 1. The van der Waals surface area contributed by atoms with Gasteiger partial charge in [0.05, 0.1) is 13.7 Å². The van der Waals surface area contributed by atoms with Crippen LogP contribution in [0.1, 0.15) is 53.1 Å². The van der Waals surface area contributed by atoms with Crippen molar-refractivity contribution in [3.63, 3.8) is 0 Å². The van der Waals surface area contributed by atoms with Gasteiger partial charge in [-0.05, 0) is 67.0 Å². The number of hydrogen-bond donors (Lipinski definition) is 2. The highest BCUT2D eigenvalue weighted by Gasteiger charge is 2.37. The monoisotopic (exact) mass is 392 g/mol. The number of benzene rings is 2. The highest BCUT2D eigenvalue weighted by atomic mass is 16.5. The minimum atomic E-state index is -0.00228. The third kappa shape index (κ3) is 3.71. The van der Waals surface area contributed by atoms with Crippen LogP contribution in [0.25, 0.3) is 0 Å². The van der Waals surface area contributed by atoms with Crippen molar-refractivity contribution >= 4 is 5.91 Å². The molecule has 5 rings (SSSR count). The van der Waals surface area contributed by atoms with E-state index in [0.717, 1.165) is 35.5 Å². The maximum Gasteiger partial charge on any atom is 0.252 e. The van der Waals surface area contributed by atoms with Gasteiger partial charge in [-0.25, -0.2) is 0 Å². The largest absolute Gasteiger partial charge is 0.497 e. The molecule has 5 heteroatoms. The lowest BCUT2D eigenvalue weighted by Crippen LogP contribution is -2.27. The number of amides is 1. The number of methoxy groups -OCH3 is 1. The summed E-state index contributed by atoms with van der Waals surface area (Å²) in [4.78, 5) is 12.0. The van der Waals surface area contributed by atoms with Crippen LogP contribution in [0.15, 0.2) is 42.5 Å². The standard InChI is InChI=1S/C24H28N2O3/c1-28-20-7-2-15(3-8-20)22-11-19-6-5-18(26-19)10-17(22)14-29-21-9-4-16-13-25-24(27)23(16)12-21/h2-4,7-9,12,17-19,22,26H,5-6,10-11,13-14H2,1H3,(H,25,27). The lowest BCUT2D eigenvalue weighted by atomic mass is 9.78. The van der Waals surface area contributed by atoms with Crippen molar-refractivity contribution in [1.29, 1.82) is 0 Å². The zero-order valence-electron chi connectivity index (χ0n) is 16.8. The van der Waals surface area contributed by atoms with Gasteiger partial charge in [0.1, 0.15) is 11.5 Å². The van der Waals surface area contributed by atoms with Crippen molar-refractivity contribution < 1.29 is 14.3 Å². The van der Waals surface area contributed by atoms with Crippen molar-refractivity contribution in [1.82, 2.24) is 10.6 Å². The molecule has 3 aliphatic heterocycles. The Balaban J connectivity index is 1.35. The maximum atomic E-state index is 12.0. The van der Waals surface area contributed by atoms with Crippen LogP contribution in [0.4, 0.5) is 0 Å². The Kier molecular flexibility index (Phi) is 4.92. The fraction of sp³-hybridized carbons (Fsp3) is 0.458. The van der Waals surface area contributed by atoms with Crippen molar-refractivity contribution in [2.24, 2.45) is 5.92 Å². The number of ether oxygens (including phenoxy) is 2. The van der Waals surface area contributed by atoms with Crippen molar-refractivity contribution in [2.45, 2.75) is 50.2 Å². The molecule has 2 fully saturated rings. The molecule has 4 atom stereocenters. The minimum Gasteiger partial charge on any atom is -0.497 e. The van der Waals surface area contributed by atoms with Crippen LogP contribution in [0, 0.1) is 5.92 Å². The van der Waals surface area contributed by atoms with E-state index in [1.54, 1.807) is 7.11 Å². The Bertz CT molecular complexity index is 895. The highest BCUT2D eigenvalue weighted by molar-refractivity contribution is 5.98. The Morgan fingerprint density at radius 3 is 2.55 bits per heavy atom. The van der Waals surface area contributed by atoms with Crippen molar-refractivity contribution in [3.8, 4) is 11.5 Å². The molecule has 0 spiro atoms. The Hall–Kier alpha value is -2.53. The van der Waals surface area contributed by atoms with Gasteiger partial charge in [0.15, 0.2) is 0 Å². The van der Waals surface area contributed by atoms with Gasteiger partial charge in [0.25, 0.3) is 5.91 Å². The lowest BCUT2D eigenvalue weighted by molar-refractivity contribution is 0.0965. The van der Waals surface area contributed by atoms with E-state index in [9.17, 15) is 4.79 Å². The van der Waals surface area contributed by atoms with E-state index in [4.69, 9.17) is 9.47 Å². The summed E-state index contributed by atoms with van der Waals surface area (Å²) in [5.41, 5.74) is 3.16. The third-order valence-electron chi connectivity index (χ3n) is 6.80. The number of rotatable bonds is 5. The van der Waals surface area contributed by atoms with Crippen LogP contribution < -0.4 is 20.1 Å². The number of nitrogens with one attached hydrogen (secondary N) is 2. The van der Waals surface area contributed by atoms with Crippen LogP contribution in [-0.4, -0.2) is 31.7 Å². The molecule has 0 aromatic heterocycles. The zero-order valence-corrected chi connectivity index (χ0v) is 16.8.